The number of anilines is 1. The molecule has 0 spiro atoms. The number of ether oxygens (including phenoxy) is 1. The Morgan fingerprint density at radius 3 is 2.65 bits per heavy atom. The molecule has 0 atom stereocenters. The van der Waals surface area contributed by atoms with E-state index in [0.29, 0.717) is 5.69 Å². The maximum atomic E-state index is 13.1. The fourth-order valence-corrected chi connectivity index (χ4v) is 1.62. The van der Waals surface area contributed by atoms with Gasteiger partial charge < -0.3 is 10.1 Å². The van der Waals surface area contributed by atoms with Crippen LogP contribution in [0.3, 0.4) is 0 Å². The van der Waals surface area contributed by atoms with Gasteiger partial charge >= 0.3 is 0 Å². The Bertz CT molecular complexity index is 629. The molecule has 2 rings (SSSR count). The fraction of sp³-hybridized carbons (Fsp3) is 0.133. The molecule has 104 valence electrons. The van der Waals surface area contributed by atoms with Crippen LogP contribution >= 0.6 is 0 Å². The van der Waals surface area contributed by atoms with Crippen molar-refractivity contribution < 1.29 is 18.3 Å². The fourth-order valence-electron chi connectivity index (χ4n) is 1.62. The summed E-state index contributed by atoms with van der Waals surface area (Å²) in [5.74, 6) is -1.06. The molecule has 0 unspecified atom stereocenters. The normalized spacial score (nSPS) is 10.2. The molecule has 5 heteroatoms. The van der Waals surface area contributed by atoms with Crippen molar-refractivity contribution in [3.05, 3.63) is 59.7 Å². The molecule has 0 aromatic heterocycles. The van der Waals surface area contributed by atoms with E-state index in [9.17, 15) is 13.6 Å². The van der Waals surface area contributed by atoms with Crippen LogP contribution < -0.4 is 10.1 Å². The first kappa shape index (κ1) is 14.0. The van der Waals surface area contributed by atoms with Crippen LogP contribution in [0.5, 0.6) is 5.75 Å². The van der Waals surface area contributed by atoms with Crippen molar-refractivity contribution in [2.24, 2.45) is 0 Å². The number of nitrogens with one attached hydrogen (secondary N) is 1. The van der Waals surface area contributed by atoms with Gasteiger partial charge in [0.05, 0.1) is 0 Å². The van der Waals surface area contributed by atoms with E-state index in [0.717, 1.165) is 5.56 Å². The zero-order valence-electron chi connectivity index (χ0n) is 10.8. The van der Waals surface area contributed by atoms with Crippen LogP contribution in [-0.4, -0.2) is 12.5 Å². The van der Waals surface area contributed by atoms with Gasteiger partial charge in [0.2, 0.25) is 0 Å². The van der Waals surface area contributed by atoms with Gasteiger partial charge in [0.25, 0.3) is 5.91 Å². The summed E-state index contributed by atoms with van der Waals surface area (Å²) in [5, 5.41) is 2.54. The van der Waals surface area contributed by atoms with Crippen LogP contribution in [0, 0.1) is 18.6 Å². The molecule has 0 saturated carbocycles. The number of amides is 1. The van der Waals surface area contributed by atoms with Gasteiger partial charge in [-0.15, -0.1) is 0 Å². The Balaban J connectivity index is 1.94. The van der Waals surface area contributed by atoms with Crippen LogP contribution in [0.25, 0.3) is 0 Å². The van der Waals surface area contributed by atoms with Crippen molar-refractivity contribution in [1.29, 1.82) is 0 Å². The van der Waals surface area contributed by atoms with Crippen LogP contribution in [0.15, 0.2) is 42.5 Å². The van der Waals surface area contributed by atoms with Crippen molar-refractivity contribution in [1.82, 2.24) is 0 Å². The van der Waals surface area contributed by atoms with Gasteiger partial charge in [-0.1, -0.05) is 12.1 Å². The van der Waals surface area contributed by atoms with E-state index in [1.165, 1.54) is 30.3 Å². The summed E-state index contributed by atoms with van der Waals surface area (Å²) in [7, 11) is 0. The number of rotatable bonds is 4. The maximum absolute atomic E-state index is 13.1. The summed E-state index contributed by atoms with van der Waals surface area (Å²) >= 11 is 0. The first-order valence-corrected chi connectivity index (χ1v) is 5.99. The van der Waals surface area contributed by atoms with Crippen LogP contribution in [0.4, 0.5) is 14.5 Å². The summed E-state index contributed by atoms with van der Waals surface area (Å²) in [6.45, 7) is 1.47. The second-order valence-corrected chi connectivity index (χ2v) is 4.25. The highest BCUT2D eigenvalue weighted by atomic mass is 19.1. The highest BCUT2D eigenvalue weighted by molar-refractivity contribution is 5.92. The SMILES string of the molecule is Cc1ccc(F)cc1NC(=O)COc1cccc(F)c1. The summed E-state index contributed by atoms with van der Waals surface area (Å²) < 4.78 is 31.1. The minimum Gasteiger partial charge on any atom is -0.484 e. The lowest BCUT2D eigenvalue weighted by molar-refractivity contribution is -0.118. The summed E-state index contributed by atoms with van der Waals surface area (Å²) in [6.07, 6.45) is 0. The average Bonchev–Trinajstić information content (AvgIpc) is 2.41. The van der Waals surface area contributed by atoms with Gasteiger partial charge in [-0.3, -0.25) is 4.79 Å². The van der Waals surface area contributed by atoms with Crippen LogP contribution in [-0.2, 0) is 4.79 Å². The summed E-state index contributed by atoms with van der Waals surface area (Å²) in [4.78, 5) is 11.7. The number of carbonyl (C=O) groups excluding carboxylic acids is 1. The van der Waals surface area contributed by atoms with E-state index in [4.69, 9.17) is 4.74 Å². The number of hydrogen-bond acceptors (Lipinski definition) is 2. The predicted molar refractivity (Wildman–Crippen MR) is 71.7 cm³/mol. The Morgan fingerprint density at radius 1 is 1.15 bits per heavy atom. The Hall–Kier alpha value is -2.43. The summed E-state index contributed by atoms with van der Waals surface area (Å²) in [6, 6.07) is 9.61. The highest BCUT2D eigenvalue weighted by Gasteiger charge is 2.07. The van der Waals surface area contributed by atoms with Crippen LogP contribution in [0.2, 0.25) is 0 Å². The van der Waals surface area contributed by atoms with Crippen molar-refractivity contribution >= 4 is 11.6 Å². The predicted octanol–water partition coefficient (Wildman–Crippen LogP) is 3.29. The van der Waals surface area contributed by atoms with Gasteiger partial charge in [-0.25, -0.2) is 8.78 Å². The Kier molecular flexibility index (Phi) is 4.30. The molecular formula is C15H13F2NO2. The molecule has 0 saturated heterocycles. The molecule has 20 heavy (non-hydrogen) atoms. The number of benzene rings is 2. The standard InChI is InChI=1S/C15H13F2NO2/c1-10-5-6-12(17)8-14(10)18-15(19)9-20-13-4-2-3-11(16)7-13/h2-8H,9H2,1H3,(H,18,19). The number of halogens is 2. The lowest BCUT2D eigenvalue weighted by Gasteiger charge is -2.09. The number of carbonyl (C=O) groups is 1. The molecule has 0 bridgehead atoms. The minimum atomic E-state index is -0.442. The first-order chi connectivity index (χ1) is 9.54. The number of hydrogen-bond donors (Lipinski definition) is 1. The molecule has 0 radical (unpaired) electrons. The van der Waals surface area contributed by atoms with Gasteiger partial charge in [0.1, 0.15) is 17.4 Å². The van der Waals surface area contributed by atoms with E-state index in [1.807, 2.05) is 0 Å². The maximum Gasteiger partial charge on any atom is 0.262 e. The second kappa shape index (κ2) is 6.14. The van der Waals surface area contributed by atoms with E-state index in [2.05, 4.69) is 5.32 Å². The van der Waals surface area contributed by atoms with Gasteiger partial charge in [0, 0.05) is 11.8 Å². The van der Waals surface area contributed by atoms with E-state index in [-0.39, 0.29) is 12.4 Å². The largest absolute Gasteiger partial charge is 0.484 e. The molecule has 0 fully saturated rings. The van der Waals surface area contributed by atoms with Gasteiger partial charge in [-0.2, -0.15) is 0 Å². The van der Waals surface area contributed by atoms with Crippen molar-refractivity contribution in [2.45, 2.75) is 6.92 Å². The molecule has 0 aliphatic carbocycles. The van der Waals surface area contributed by atoms with Crippen LogP contribution in [0.1, 0.15) is 5.56 Å². The minimum absolute atomic E-state index is 0.260. The third kappa shape index (κ3) is 3.78. The molecule has 0 heterocycles. The highest BCUT2D eigenvalue weighted by Crippen LogP contribution is 2.16. The molecule has 0 aliphatic heterocycles. The molecule has 1 amide bonds. The average molecular weight is 277 g/mol. The quantitative estimate of drug-likeness (QED) is 0.931. The van der Waals surface area contributed by atoms with E-state index >= 15 is 0 Å². The molecule has 2 aromatic carbocycles. The lowest BCUT2D eigenvalue weighted by Crippen LogP contribution is -2.20. The third-order valence-corrected chi connectivity index (χ3v) is 2.64. The zero-order valence-corrected chi connectivity index (χ0v) is 10.8. The topological polar surface area (TPSA) is 38.3 Å². The van der Waals surface area contributed by atoms with Gasteiger partial charge in [0.15, 0.2) is 6.61 Å². The molecular weight excluding hydrogens is 264 g/mol. The van der Waals surface area contributed by atoms with E-state index in [1.54, 1.807) is 19.1 Å². The molecule has 1 N–H and O–H groups in total. The third-order valence-electron chi connectivity index (χ3n) is 2.64. The zero-order chi connectivity index (χ0) is 14.5. The van der Waals surface area contributed by atoms with Crippen molar-refractivity contribution in [3.63, 3.8) is 0 Å². The second-order valence-electron chi connectivity index (χ2n) is 4.25. The van der Waals surface area contributed by atoms with Crippen molar-refractivity contribution in [2.75, 3.05) is 11.9 Å². The molecule has 3 nitrogen and oxygen atoms in total. The van der Waals surface area contributed by atoms with Crippen molar-refractivity contribution in [3.8, 4) is 5.75 Å². The summed E-state index contributed by atoms with van der Waals surface area (Å²) in [5.41, 5.74) is 1.13. The molecule has 2 aromatic rings. The lowest BCUT2D eigenvalue weighted by atomic mass is 10.2. The van der Waals surface area contributed by atoms with E-state index < -0.39 is 17.5 Å². The first-order valence-electron chi connectivity index (χ1n) is 5.99. The monoisotopic (exact) mass is 277 g/mol. The molecule has 0 aliphatic rings. The Morgan fingerprint density at radius 2 is 1.90 bits per heavy atom. The van der Waals surface area contributed by atoms with Gasteiger partial charge in [-0.05, 0) is 36.8 Å². The number of aryl methyl sites for hydroxylation is 1. The smallest absolute Gasteiger partial charge is 0.262 e. The Labute approximate surface area is 115 Å².